The lowest BCUT2D eigenvalue weighted by molar-refractivity contribution is 0.589. The minimum Gasteiger partial charge on any atom is -0.310 e. The fourth-order valence-electron chi connectivity index (χ4n) is 1.79. The Bertz CT molecular complexity index is 564. The molecule has 0 aliphatic heterocycles. The summed E-state index contributed by atoms with van der Waals surface area (Å²) in [4.78, 5) is 2.41. The summed E-state index contributed by atoms with van der Waals surface area (Å²) in [5.74, 6) is 0. The van der Waals surface area contributed by atoms with Crippen LogP contribution in [0.2, 0.25) is 5.02 Å². The number of aryl methyl sites for hydroxylation is 1. The first kappa shape index (κ1) is 15.4. The van der Waals surface area contributed by atoms with Crippen LogP contribution in [-0.4, -0.2) is 6.04 Å². The fourth-order valence-corrected chi connectivity index (χ4v) is 2.96. The molecule has 3 heteroatoms. The van der Waals surface area contributed by atoms with E-state index >= 15 is 0 Å². The van der Waals surface area contributed by atoms with E-state index in [4.69, 9.17) is 11.6 Å². The topological polar surface area (TPSA) is 12.0 Å². The van der Waals surface area contributed by atoms with Crippen LogP contribution in [0.3, 0.4) is 0 Å². The van der Waals surface area contributed by atoms with Crippen LogP contribution in [0.4, 0.5) is 0 Å². The molecular weight excluding hydrogens is 286 g/mol. The molecule has 0 radical (unpaired) electrons. The summed E-state index contributed by atoms with van der Waals surface area (Å²) in [5.41, 5.74) is 2.43. The number of hydrogen-bond acceptors (Lipinski definition) is 2. The van der Waals surface area contributed by atoms with Gasteiger partial charge in [0.25, 0.3) is 0 Å². The molecule has 2 aromatic rings. The lowest BCUT2D eigenvalue weighted by atomic mass is 10.2. The van der Waals surface area contributed by atoms with Gasteiger partial charge in [-0.05, 0) is 36.8 Å². The third-order valence-corrected chi connectivity index (χ3v) is 4.33. The van der Waals surface area contributed by atoms with Gasteiger partial charge in [0.2, 0.25) is 0 Å². The molecule has 0 atom stereocenters. The summed E-state index contributed by atoms with van der Waals surface area (Å²) in [5, 5.41) is 4.22. The van der Waals surface area contributed by atoms with Gasteiger partial charge in [-0.3, -0.25) is 0 Å². The van der Waals surface area contributed by atoms with Gasteiger partial charge in [-0.25, -0.2) is 0 Å². The number of hydrogen-bond donors (Lipinski definition) is 1. The third kappa shape index (κ3) is 4.55. The van der Waals surface area contributed by atoms with Crippen LogP contribution < -0.4 is 5.32 Å². The summed E-state index contributed by atoms with van der Waals surface area (Å²) in [6, 6.07) is 15.3. The molecule has 0 fully saturated rings. The summed E-state index contributed by atoms with van der Waals surface area (Å²) < 4.78 is 0. The SMILES string of the molecule is Cc1ccc(Sc2ccc(CNC(C)C)c(Cl)c2)cc1. The zero-order valence-electron chi connectivity index (χ0n) is 12.1. The molecule has 0 aliphatic rings. The van der Waals surface area contributed by atoms with Crippen LogP contribution in [0.5, 0.6) is 0 Å². The van der Waals surface area contributed by atoms with E-state index in [2.05, 4.69) is 62.5 Å². The van der Waals surface area contributed by atoms with E-state index in [1.807, 2.05) is 6.07 Å². The van der Waals surface area contributed by atoms with E-state index in [-0.39, 0.29) is 0 Å². The van der Waals surface area contributed by atoms with E-state index < -0.39 is 0 Å². The second-order valence-corrected chi connectivity index (χ2v) is 6.76. The standard InChI is InChI=1S/C17H20ClNS/c1-12(2)19-11-14-6-9-16(10-17(14)18)20-15-7-4-13(3)5-8-15/h4-10,12,19H,11H2,1-3H3. The monoisotopic (exact) mass is 305 g/mol. The van der Waals surface area contributed by atoms with Crippen LogP contribution in [0.25, 0.3) is 0 Å². The summed E-state index contributed by atoms with van der Waals surface area (Å²) >= 11 is 8.09. The lowest BCUT2D eigenvalue weighted by Crippen LogP contribution is -2.21. The predicted octanol–water partition coefficient (Wildman–Crippen LogP) is 5.30. The van der Waals surface area contributed by atoms with Gasteiger partial charge in [-0.15, -0.1) is 0 Å². The molecule has 0 spiro atoms. The summed E-state index contributed by atoms with van der Waals surface area (Å²) in [6.45, 7) is 7.18. The first-order valence-electron chi connectivity index (χ1n) is 6.81. The van der Waals surface area contributed by atoms with Gasteiger partial charge < -0.3 is 5.32 Å². The van der Waals surface area contributed by atoms with Crippen molar-refractivity contribution < 1.29 is 0 Å². The van der Waals surface area contributed by atoms with Gasteiger partial charge in [0.05, 0.1) is 0 Å². The molecule has 0 aliphatic carbocycles. The van der Waals surface area contributed by atoms with Crippen LogP contribution in [0.15, 0.2) is 52.3 Å². The van der Waals surface area contributed by atoms with E-state index in [9.17, 15) is 0 Å². The Kier molecular flexibility index (Phi) is 5.53. The van der Waals surface area contributed by atoms with Gasteiger partial charge in [0, 0.05) is 27.4 Å². The van der Waals surface area contributed by atoms with E-state index in [0.717, 1.165) is 17.1 Å². The van der Waals surface area contributed by atoms with Crippen molar-refractivity contribution in [3.63, 3.8) is 0 Å². The average molecular weight is 306 g/mol. The average Bonchev–Trinajstić information content (AvgIpc) is 2.40. The smallest absolute Gasteiger partial charge is 0.0462 e. The number of benzene rings is 2. The van der Waals surface area contributed by atoms with E-state index in [1.54, 1.807) is 11.8 Å². The Labute approximate surface area is 130 Å². The van der Waals surface area contributed by atoms with Gasteiger partial charge in [0.1, 0.15) is 0 Å². The molecule has 1 nitrogen and oxygen atoms in total. The Morgan fingerprint density at radius 2 is 1.70 bits per heavy atom. The summed E-state index contributed by atoms with van der Waals surface area (Å²) in [6.07, 6.45) is 0. The molecule has 0 saturated heterocycles. The largest absolute Gasteiger partial charge is 0.310 e. The molecule has 0 amide bonds. The van der Waals surface area contributed by atoms with Crippen molar-refractivity contribution in [3.05, 3.63) is 58.6 Å². The Morgan fingerprint density at radius 1 is 1.05 bits per heavy atom. The zero-order chi connectivity index (χ0) is 14.5. The molecule has 20 heavy (non-hydrogen) atoms. The highest BCUT2D eigenvalue weighted by atomic mass is 35.5. The molecule has 106 valence electrons. The van der Waals surface area contributed by atoms with Gasteiger partial charge in [-0.2, -0.15) is 0 Å². The van der Waals surface area contributed by atoms with Crippen molar-refractivity contribution in [2.75, 3.05) is 0 Å². The molecule has 0 bridgehead atoms. The third-order valence-electron chi connectivity index (χ3n) is 2.98. The Balaban J connectivity index is 2.06. The van der Waals surface area contributed by atoms with Crippen LogP contribution in [0.1, 0.15) is 25.0 Å². The quantitative estimate of drug-likeness (QED) is 0.804. The number of rotatable bonds is 5. The predicted molar refractivity (Wildman–Crippen MR) is 88.7 cm³/mol. The Hall–Kier alpha value is -0.960. The van der Waals surface area contributed by atoms with Crippen molar-refractivity contribution in [2.24, 2.45) is 0 Å². The minimum atomic E-state index is 0.465. The van der Waals surface area contributed by atoms with Crippen LogP contribution in [0, 0.1) is 6.92 Å². The van der Waals surface area contributed by atoms with Gasteiger partial charge in [-0.1, -0.05) is 61.0 Å². The van der Waals surface area contributed by atoms with Crippen molar-refractivity contribution >= 4 is 23.4 Å². The normalized spacial score (nSPS) is 11.1. The van der Waals surface area contributed by atoms with Crippen molar-refractivity contribution in [3.8, 4) is 0 Å². The lowest BCUT2D eigenvalue weighted by Gasteiger charge is -2.10. The first-order chi connectivity index (χ1) is 9.54. The van der Waals surface area contributed by atoms with E-state index in [1.165, 1.54) is 15.4 Å². The Morgan fingerprint density at radius 3 is 2.30 bits per heavy atom. The van der Waals surface area contributed by atoms with Crippen molar-refractivity contribution in [2.45, 2.75) is 43.1 Å². The minimum absolute atomic E-state index is 0.465. The molecule has 0 unspecified atom stereocenters. The maximum atomic E-state index is 6.35. The van der Waals surface area contributed by atoms with Crippen LogP contribution >= 0.6 is 23.4 Å². The molecule has 1 N–H and O–H groups in total. The number of halogens is 1. The highest BCUT2D eigenvalue weighted by Gasteiger charge is 2.04. The van der Waals surface area contributed by atoms with E-state index in [0.29, 0.717) is 6.04 Å². The molecular formula is C17H20ClNS. The van der Waals surface area contributed by atoms with Crippen molar-refractivity contribution in [1.82, 2.24) is 5.32 Å². The highest BCUT2D eigenvalue weighted by molar-refractivity contribution is 7.99. The highest BCUT2D eigenvalue weighted by Crippen LogP contribution is 2.31. The van der Waals surface area contributed by atoms with Gasteiger partial charge in [0.15, 0.2) is 0 Å². The zero-order valence-corrected chi connectivity index (χ0v) is 13.7. The molecule has 0 aromatic heterocycles. The molecule has 2 aromatic carbocycles. The molecule has 0 saturated carbocycles. The molecule has 0 heterocycles. The summed E-state index contributed by atoms with van der Waals surface area (Å²) in [7, 11) is 0. The van der Waals surface area contributed by atoms with Gasteiger partial charge >= 0.3 is 0 Å². The fraction of sp³-hybridized carbons (Fsp3) is 0.294. The second kappa shape index (κ2) is 7.16. The van der Waals surface area contributed by atoms with Crippen molar-refractivity contribution in [1.29, 1.82) is 0 Å². The maximum Gasteiger partial charge on any atom is 0.0462 e. The number of nitrogens with one attached hydrogen (secondary N) is 1. The second-order valence-electron chi connectivity index (χ2n) is 5.20. The van der Waals surface area contributed by atoms with Crippen LogP contribution in [-0.2, 0) is 6.54 Å². The first-order valence-corrected chi connectivity index (χ1v) is 8.00. The molecule has 2 rings (SSSR count). The maximum absolute atomic E-state index is 6.35.